The summed E-state index contributed by atoms with van der Waals surface area (Å²) in [7, 11) is 0. The van der Waals surface area contributed by atoms with Crippen LogP contribution in [0.3, 0.4) is 0 Å². The zero-order valence-electron chi connectivity index (χ0n) is 14.6. The van der Waals surface area contributed by atoms with E-state index in [1.54, 1.807) is 36.7 Å². The highest BCUT2D eigenvalue weighted by molar-refractivity contribution is 8.26. The second-order valence-electron chi connectivity index (χ2n) is 5.99. The van der Waals surface area contributed by atoms with Crippen molar-refractivity contribution in [2.45, 2.75) is 6.42 Å². The number of hydrogen-bond donors (Lipinski definition) is 1. The number of anilines is 1. The quantitative estimate of drug-likeness (QED) is 0.596. The number of nitrogens with zero attached hydrogens (tertiary/aromatic N) is 2. The number of thiocarbonyl (C=S) groups is 1. The molecule has 0 radical (unpaired) electrons. The van der Waals surface area contributed by atoms with E-state index in [4.69, 9.17) is 21.7 Å². The highest BCUT2D eigenvalue weighted by atomic mass is 32.2. The van der Waals surface area contributed by atoms with E-state index in [1.165, 1.54) is 16.7 Å². The number of thioether (sulfide) groups is 1. The lowest BCUT2D eigenvalue weighted by atomic mass is 10.2. The predicted molar refractivity (Wildman–Crippen MR) is 110 cm³/mol. The Labute approximate surface area is 170 Å². The SMILES string of the molecule is O=C(CCN1C(=O)/C(=C/c2ccc3c(c2)OCO3)SC1=S)Nc1cccnc1. The molecule has 1 N–H and O–H groups in total. The van der Waals surface area contributed by atoms with E-state index >= 15 is 0 Å². The molecule has 2 aliphatic heterocycles. The highest BCUT2D eigenvalue weighted by Crippen LogP contribution is 2.36. The fourth-order valence-electron chi connectivity index (χ4n) is 2.72. The molecule has 4 rings (SSSR count). The fourth-order valence-corrected chi connectivity index (χ4v) is 4.03. The lowest BCUT2D eigenvalue weighted by Crippen LogP contribution is -2.31. The summed E-state index contributed by atoms with van der Waals surface area (Å²) in [6, 6.07) is 8.95. The molecule has 2 aromatic rings. The fraction of sp³-hybridized carbons (Fsp3) is 0.158. The van der Waals surface area contributed by atoms with Gasteiger partial charge in [0.1, 0.15) is 4.32 Å². The lowest BCUT2D eigenvalue weighted by Gasteiger charge is -2.14. The molecule has 1 aromatic carbocycles. The second kappa shape index (κ2) is 7.99. The van der Waals surface area contributed by atoms with Crippen LogP contribution in [0, 0.1) is 0 Å². The van der Waals surface area contributed by atoms with Gasteiger partial charge in [0.05, 0.1) is 16.8 Å². The van der Waals surface area contributed by atoms with Crippen molar-refractivity contribution in [1.29, 1.82) is 0 Å². The first-order chi connectivity index (χ1) is 13.6. The average Bonchev–Trinajstić information content (AvgIpc) is 3.25. The topological polar surface area (TPSA) is 80.8 Å². The highest BCUT2D eigenvalue weighted by Gasteiger charge is 2.32. The normalized spacial score (nSPS) is 16.7. The number of hydrogen-bond acceptors (Lipinski definition) is 7. The molecule has 1 saturated heterocycles. The van der Waals surface area contributed by atoms with Crippen LogP contribution in [0.15, 0.2) is 47.6 Å². The van der Waals surface area contributed by atoms with Gasteiger partial charge in [0.15, 0.2) is 11.5 Å². The van der Waals surface area contributed by atoms with Crippen molar-refractivity contribution in [1.82, 2.24) is 9.88 Å². The number of amides is 2. The Bertz CT molecular complexity index is 978. The van der Waals surface area contributed by atoms with Crippen molar-refractivity contribution < 1.29 is 19.1 Å². The van der Waals surface area contributed by atoms with Gasteiger partial charge in [0.2, 0.25) is 12.7 Å². The molecule has 142 valence electrons. The lowest BCUT2D eigenvalue weighted by molar-refractivity contribution is -0.122. The van der Waals surface area contributed by atoms with Gasteiger partial charge in [-0.2, -0.15) is 0 Å². The van der Waals surface area contributed by atoms with Crippen LogP contribution in [0.1, 0.15) is 12.0 Å². The molecule has 0 bridgehead atoms. The summed E-state index contributed by atoms with van der Waals surface area (Å²) in [5.41, 5.74) is 1.43. The third kappa shape index (κ3) is 4.00. The Morgan fingerprint density at radius 2 is 2.18 bits per heavy atom. The number of ether oxygens (including phenoxy) is 2. The minimum absolute atomic E-state index is 0.138. The van der Waals surface area contributed by atoms with Gasteiger partial charge in [0.25, 0.3) is 5.91 Å². The van der Waals surface area contributed by atoms with Crippen molar-refractivity contribution >= 4 is 51.9 Å². The van der Waals surface area contributed by atoms with E-state index in [1.807, 2.05) is 12.1 Å². The molecule has 2 aliphatic rings. The summed E-state index contributed by atoms with van der Waals surface area (Å²) in [6.07, 6.45) is 5.09. The van der Waals surface area contributed by atoms with Crippen LogP contribution in [-0.4, -0.2) is 39.4 Å². The standard InChI is InChI=1S/C19H15N3O4S2/c23-17(21-13-2-1-6-20-10-13)5-7-22-18(24)16(28-19(22)27)9-12-3-4-14-15(8-12)26-11-25-14/h1-4,6,8-10H,5,7,11H2,(H,21,23)/b16-9-. The van der Waals surface area contributed by atoms with Gasteiger partial charge in [-0.3, -0.25) is 19.5 Å². The minimum Gasteiger partial charge on any atom is -0.454 e. The first-order valence-electron chi connectivity index (χ1n) is 8.45. The Morgan fingerprint density at radius 1 is 1.32 bits per heavy atom. The summed E-state index contributed by atoms with van der Waals surface area (Å²) in [5, 5.41) is 2.74. The van der Waals surface area contributed by atoms with E-state index in [9.17, 15) is 9.59 Å². The third-order valence-corrected chi connectivity index (χ3v) is 5.45. The van der Waals surface area contributed by atoms with Gasteiger partial charge in [-0.1, -0.05) is 30.0 Å². The molecular weight excluding hydrogens is 398 g/mol. The van der Waals surface area contributed by atoms with E-state index in [-0.39, 0.29) is 31.6 Å². The Balaban J connectivity index is 1.39. The van der Waals surface area contributed by atoms with Crippen molar-refractivity contribution in [3.05, 3.63) is 53.2 Å². The number of nitrogens with one attached hydrogen (secondary N) is 1. The first-order valence-corrected chi connectivity index (χ1v) is 9.67. The summed E-state index contributed by atoms with van der Waals surface area (Å²) in [6.45, 7) is 0.414. The van der Waals surface area contributed by atoms with Gasteiger partial charge in [-0.25, -0.2) is 0 Å². The van der Waals surface area contributed by atoms with Crippen LogP contribution in [0.5, 0.6) is 11.5 Å². The van der Waals surface area contributed by atoms with Crippen molar-refractivity contribution in [2.75, 3.05) is 18.7 Å². The number of benzene rings is 1. The summed E-state index contributed by atoms with van der Waals surface area (Å²) < 4.78 is 11.1. The molecule has 9 heteroatoms. The second-order valence-corrected chi connectivity index (χ2v) is 7.66. The largest absolute Gasteiger partial charge is 0.454 e. The van der Waals surface area contributed by atoms with Crippen LogP contribution in [0.4, 0.5) is 5.69 Å². The van der Waals surface area contributed by atoms with E-state index in [2.05, 4.69) is 10.3 Å². The van der Waals surface area contributed by atoms with Crippen LogP contribution >= 0.6 is 24.0 Å². The smallest absolute Gasteiger partial charge is 0.266 e. The van der Waals surface area contributed by atoms with E-state index < -0.39 is 0 Å². The molecule has 1 fully saturated rings. The molecule has 0 saturated carbocycles. The third-order valence-electron chi connectivity index (χ3n) is 4.08. The van der Waals surface area contributed by atoms with E-state index in [0.717, 1.165) is 5.56 Å². The zero-order valence-corrected chi connectivity index (χ0v) is 16.2. The monoisotopic (exact) mass is 413 g/mol. The Hall–Kier alpha value is -2.91. The van der Waals surface area contributed by atoms with Crippen molar-refractivity contribution in [2.24, 2.45) is 0 Å². The predicted octanol–water partition coefficient (Wildman–Crippen LogP) is 3.04. The maximum Gasteiger partial charge on any atom is 0.266 e. The molecule has 28 heavy (non-hydrogen) atoms. The molecule has 1 aromatic heterocycles. The zero-order chi connectivity index (χ0) is 19.5. The number of aromatic nitrogens is 1. The van der Waals surface area contributed by atoms with Crippen LogP contribution < -0.4 is 14.8 Å². The maximum atomic E-state index is 12.7. The van der Waals surface area contributed by atoms with Crippen molar-refractivity contribution in [3.63, 3.8) is 0 Å². The summed E-state index contributed by atoms with van der Waals surface area (Å²) in [4.78, 5) is 30.7. The summed E-state index contributed by atoms with van der Waals surface area (Å²) >= 11 is 6.53. The molecule has 7 nitrogen and oxygen atoms in total. The number of fused-ring (bicyclic) bond motifs is 1. The van der Waals surface area contributed by atoms with Gasteiger partial charge >= 0.3 is 0 Å². The minimum atomic E-state index is -0.207. The number of carbonyl (C=O) groups excluding carboxylic acids is 2. The van der Waals surface area contributed by atoms with E-state index in [0.29, 0.717) is 26.4 Å². The number of pyridine rings is 1. The van der Waals surface area contributed by atoms with Crippen LogP contribution in [0.2, 0.25) is 0 Å². The average molecular weight is 413 g/mol. The van der Waals surface area contributed by atoms with Gasteiger partial charge in [-0.05, 0) is 35.9 Å². The van der Waals surface area contributed by atoms with Crippen LogP contribution in [-0.2, 0) is 9.59 Å². The molecule has 0 spiro atoms. The Morgan fingerprint density at radius 3 is 3.00 bits per heavy atom. The molecule has 0 unspecified atom stereocenters. The molecule has 0 aliphatic carbocycles. The van der Waals surface area contributed by atoms with Crippen molar-refractivity contribution in [3.8, 4) is 11.5 Å². The van der Waals surface area contributed by atoms with Gasteiger partial charge in [-0.15, -0.1) is 0 Å². The number of rotatable bonds is 5. The van der Waals surface area contributed by atoms with Gasteiger partial charge in [0, 0.05) is 19.2 Å². The molecule has 0 atom stereocenters. The molecule has 2 amide bonds. The Kier molecular flexibility index (Phi) is 5.27. The number of carbonyl (C=O) groups is 2. The maximum absolute atomic E-state index is 12.7. The molecule has 3 heterocycles. The van der Waals surface area contributed by atoms with Gasteiger partial charge < -0.3 is 14.8 Å². The summed E-state index contributed by atoms with van der Waals surface area (Å²) in [5.74, 6) is 0.921. The molecular formula is C19H15N3O4S2. The van der Waals surface area contributed by atoms with Crippen LogP contribution in [0.25, 0.3) is 6.08 Å². The first kappa shape index (κ1) is 18.5.